The lowest BCUT2D eigenvalue weighted by molar-refractivity contribution is -0.139. The molecule has 0 aliphatic heterocycles. The lowest BCUT2D eigenvalue weighted by Crippen LogP contribution is -2.24. The Bertz CT molecular complexity index is 566. The first-order chi connectivity index (χ1) is 8.85. The van der Waals surface area contributed by atoms with E-state index in [9.17, 15) is 13.2 Å². The molecule has 0 saturated heterocycles. The number of hydrogen-bond donors (Lipinski definition) is 1. The molecule has 0 aliphatic rings. The van der Waals surface area contributed by atoms with E-state index in [0.717, 1.165) is 0 Å². The average Bonchev–Trinajstić information content (AvgIpc) is 2.37. The molecular weight excluding hydrogens is 290 g/mol. The van der Waals surface area contributed by atoms with E-state index >= 15 is 0 Å². The number of halogens is 1. The summed E-state index contributed by atoms with van der Waals surface area (Å²) in [5.74, 6) is -0.382. The molecule has 0 bridgehead atoms. The van der Waals surface area contributed by atoms with Crippen LogP contribution in [-0.4, -0.2) is 28.0 Å². The van der Waals surface area contributed by atoms with Crippen LogP contribution >= 0.6 is 11.6 Å². The van der Waals surface area contributed by atoms with E-state index in [-0.39, 0.29) is 28.9 Å². The van der Waals surface area contributed by atoms with E-state index < -0.39 is 10.0 Å². The van der Waals surface area contributed by atoms with E-state index in [1.165, 1.54) is 19.2 Å². The van der Waals surface area contributed by atoms with Crippen molar-refractivity contribution in [2.24, 2.45) is 0 Å². The summed E-state index contributed by atoms with van der Waals surface area (Å²) in [4.78, 5) is 11.2. The van der Waals surface area contributed by atoms with Crippen molar-refractivity contribution in [2.75, 3.05) is 13.7 Å². The monoisotopic (exact) mass is 303 g/mol. The summed E-state index contributed by atoms with van der Waals surface area (Å²) in [6.45, 7) is 3.36. The Morgan fingerprint density at radius 2 is 1.95 bits per heavy atom. The van der Waals surface area contributed by atoms with Crippen LogP contribution in [0.15, 0.2) is 40.8 Å². The minimum atomic E-state index is -3.62. The largest absolute Gasteiger partial charge is 0.469 e. The molecule has 104 valence electrons. The standard InChI is InChI=1S/C12H14ClNO4S/c1-9(13)8-14-19(16,17)11-5-3-10(4-6-11)7-12(15)18-2/h3-6,14H,1,7-8H2,2H3. The molecule has 1 aromatic carbocycles. The van der Waals surface area contributed by atoms with Crippen LogP contribution in [0.4, 0.5) is 0 Å². The lowest BCUT2D eigenvalue weighted by atomic mass is 10.2. The fourth-order valence-corrected chi connectivity index (χ4v) is 2.45. The Morgan fingerprint density at radius 1 is 1.37 bits per heavy atom. The molecule has 1 N–H and O–H groups in total. The van der Waals surface area contributed by atoms with Crippen molar-refractivity contribution < 1.29 is 17.9 Å². The van der Waals surface area contributed by atoms with E-state index in [0.29, 0.717) is 5.56 Å². The van der Waals surface area contributed by atoms with Crippen LogP contribution in [0.25, 0.3) is 0 Å². The summed E-state index contributed by atoms with van der Waals surface area (Å²) >= 11 is 5.50. The Morgan fingerprint density at radius 3 is 2.42 bits per heavy atom. The van der Waals surface area contributed by atoms with Gasteiger partial charge in [0, 0.05) is 11.6 Å². The van der Waals surface area contributed by atoms with Gasteiger partial charge < -0.3 is 4.74 Å². The van der Waals surface area contributed by atoms with E-state index in [2.05, 4.69) is 16.0 Å². The second-order valence-corrected chi connectivity index (χ2v) is 6.04. The fraction of sp³-hybridized carbons (Fsp3) is 0.250. The number of rotatable bonds is 6. The molecule has 1 aromatic rings. The molecule has 19 heavy (non-hydrogen) atoms. The average molecular weight is 304 g/mol. The van der Waals surface area contributed by atoms with Gasteiger partial charge in [-0.1, -0.05) is 30.3 Å². The summed E-state index contributed by atoms with van der Waals surface area (Å²) in [7, 11) is -2.32. The molecule has 0 fully saturated rings. The van der Waals surface area contributed by atoms with Gasteiger partial charge in [0.1, 0.15) is 0 Å². The van der Waals surface area contributed by atoms with E-state index in [1.54, 1.807) is 12.1 Å². The van der Waals surface area contributed by atoms with E-state index in [1.807, 2.05) is 0 Å². The van der Waals surface area contributed by atoms with Crippen LogP contribution in [0.1, 0.15) is 5.56 Å². The Kier molecular flexibility index (Phi) is 5.53. The number of ether oxygens (including phenoxy) is 1. The van der Waals surface area contributed by atoms with Crippen LogP contribution in [-0.2, 0) is 26.0 Å². The number of nitrogens with one attached hydrogen (secondary N) is 1. The highest BCUT2D eigenvalue weighted by Crippen LogP contribution is 2.11. The minimum absolute atomic E-state index is 0.0339. The summed E-state index contributed by atoms with van der Waals surface area (Å²) < 4.78 is 30.5. The SMILES string of the molecule is C=C(Cl)CNS(=O)(=O)c1ccc(CC(=O)OC)cc1. The van der Waals surface area contributed by atoms with Gasteiger partial charge in [0.2, 0.25) is 10.0 Å². The molecule has 0 saturated carbocycles. The molecule has 5 nitrogen and oxygen atoms in total. The van der Waals surface area contributed by atoms with Crippen LogP contribution in [0.5, 0.6) is 0 Å². The second kappa shape index (κ2) is 6.70. The second-order valence-electron chi connectivity index (χ2n) is 3.74. The number of hydrogen-bond acceptors (Lipinski definition) is 4. The first kappa shape index (κ1) is 15.7. The number of esters is 1. The maximum Gasteiger partial charge on any atom is 0.309 e. The van der Waals surface area contributed by atoms with Gasteiger partial charge in [-0.3, -0.25) is 4.79 Å². The molecule has 0 aromatic heterocycles. The third-order valence-corrected chi connectivity index (χ3v) is 3.81. The fourth-order valence-electron chi connectivity index (χ4n) is 1.28. The van der Waals surface area contributed by atoms with Crippen LogP contribution in [0, 0.1) is 0 Å². The van der Waals surface area contributed by atoms with Gasteiger partial charge in [0.15, 0.2) is 0 Å². The maximum absolute atomic E-state index is 11.8. The van der Waals surface area contributed by atoms with Crippen molar-refractivity contribution in [1.29, 1.82) is 0 Å². The molecule has 7 heteroatoms. The van der Waals surface area contributed by atoms with Gasteiger partial charge in [-0.2, -0.15) is 0 Å². The molecule has 0 aliphatic carbocycles. The number of sulfonamides is 1. The summed E-state index contributed by atoms with van der Waals surface area (Å²) in [5.41, 5.74) is 0.674. The molecule has 0 unspecified atom stereocenters. The van der Waals surface area contributed by atoms with Gasteiger partial charge in [-0.05, 0) is 17.7 Å². The van der Waals surface area contributed by atoms with Crippen LogP contribution < -0.4 is 4.72 Å². The minimum Gasteiger partial charge on any atom is -0.469 e. The van der Waals surface area contributed by atoms with Crippen LogP contribution in [0.3, 0.4) is 0 Å². The summed E-state index contributed by atoms with van der Waals surface area (Å²) in [6.07, 6.45) is 0.0999. The van der Waals surface area contributed by atoms with Gasteiger partial charge >= 0.3 is 5.97 Å². The quantitative estimate of drug-likeness (QED) is 0.807. The summed E-state index contributed by atoms with van der Waals surface area (Å²) in [5, 5.41) is 0.200. The van der Waals surface area contributed by atoms with Gasteiger partial charge in [0.25, 0.3) is 0 Å². The van der Waals surface area contributed by atoms with Gasteiger partial charge in [-0.15, -0.1) is 0 Å². The van der Waals surface area contributed by atoms with Crippen molar-refractivity contribution in [2.45, 2.75) is 11.3 Å². The van der Waals surface area contributed by atoms with Crippen molar-refractivity contribution in [3.63, 3.8) is 0 Å². The van der Waals surface area contributed by atoms with Gasteiger partial charge in [0.05, 0.1) is 18.4 Å². The highest BCUT2D eigenvalue weighted by molar-refractivity contribution is 7.89. The molecule has 1 rings (SSSR count). The van der Waals surface area contributed by atoms with Crippen molar-refractivity contribution >= 4 is 27.6 Å². The van der Waals surface area contributed by atoms with E-state index in [4.69, 9.17) is 11.6 Å². The highest BCUT2D eigenvalue weighted by atomic mass is 35.5. The zero-order chi connectivity index (χ0) is 14.5. The Hall–Kier alpha value is -1.37. The highest BCUT2D eigenvalue weighted by Gasteiger charge is 2.13. The lowest BCUT2D eigenvalue weighted by Gasteiger charge is -2.06. The number of methoxy groups -OCH3 is 1. The predicted octanol–water partition coefficient (Wildman–Crippen LogP) is 1.43. The maximum atomic E-state index is 11.8. The number of carbonyl (C=O) groups excluding carboxylic acids is 1. The topological polar surface area (TPSA) is 72.5 Å². The first-order valence-electron chi connectivity index (χ1n) is 5.34. The molecule has 0 spiro atoms. The Balaban J connectivity index is 2.80. The number of benzene rings is 1. The first-order valence-corrected chi connectivity index (χ1v) is 7.20. The molecule has 0 amide bonds. The third-order valence-electron chi connectivity index (χ3n) is 2.26. The number of carbonyl (C=O) groups is 1. The van der Waals surface area contributed by atoms with Crippen molar-refractivity contribution in [3.05, 3.63) is 41.4 Å². The van der Waals surface area contributed by atoms with Crippen LogP contribution in [0.2, 0.25) is 0 Å². The molecular formula is C12H14ClNO4S. The molecule has 0 heterocycles. The van der Waals surface area contributed by atoms with Crippen molar-refractivity contribution in [1.82, 2.24) is 4.72 Å². The third kappa shape index (κ3) is 5.02. The van der Waals surface area contributed by atoms with Gasteiger partial charge in [-0.25, -0.2) is 13.1 Å². The van der Waals surface area contributed by atoms with Crippen molar-refractivity contribution in [3.8, 4) is 0 Å². The predicted molar refractivity (Wildman–Crippen MR) is 72.3 cm³/mol. The molecule has 0 atom stereocenters. The zero-order valence-corrected chi connectivity index (χ0v) is 11.9. The smallest absolute Gasteiger partial charge is 0.309 e. The Labute approximate surface area is 117 Å². The normalized spacial score (nSPS) is 11.1. The summed E-state index contributed by atoms with van der Waals surface area (Å²) in [6, 6.07) is 5.94. The molecule has 0 radical (unpaired) electrons. The zero-order valence-electron chi connectivity index (χ0n) is 10.3.